The van der Waals surface area contributed by atoms with Crippen molar-refractivity contribution in [1.29, 1.82) is 0 Å². The van der Waals surface area contributed by atoms with E-state index in [1.165, 1.54) is 43.9 Å². The van der Waals surface area contributed by atoms with Crippen molar-refractivity contribution in [3.8, 4) is 0 Å². The summed E-state index contributed by atoms with van der Waals surface area (Å²) < 4.78 is 0. The van der Waals surface area contributed by atoms with Crippen LogP contribution in [0.25, 0.3) is 0 Å². The molecule has 0 unspecified atom stereocenters. The second kappa shape index (κ2) is 6.38. The lowest BCUT2D eigenvalue weighted by atomic mass is 9.95. The summed E-state index contributed by atoms with van der Waals surface area (Å²) in [6.07, 6.45) is 14.6. The highest BCUT2D eigenvalue weighted by Gasteiger charge is 2.41. The first-order chi connectivity index (χ1) is 8.65. The van der Waals surface area contributed by atoms with E-state index in [1.54, 1.807) is 32.1 Å². The standard InChI is InChI=1S/C7H13N.C7H12.C2H7N/c8-7-3-1-6(5-7)2-4-7;1-2-7-4-3-6(1)5-7;1-3-2/h6H,1-5,8H2;6-7H,1-5H2;3H,1-2H3. The van der Waals surface area contributed by atoms with Crippen LogP contribution in [0, 0.1) is 17.8 Å². The van der Waals surface area contributed by atoms with Gasteiger partial charge in [-0.25, -0.2) is 0 Å². The van der Waals surface area contributed by atoms with E-state index in [2.05, 4.69) is 5.32 Å². The summed E-state index contributed by atoms with van der Waals surface area (Å²) in [6.45, 7) is 0. The Kier molecular flexibility index (Phi) is 5.08. The summed E-state index contributed by atoms with van der Waals surface area (Å²) in [5.41, 5.74) is 6.31. The van der Waals surface area contributed by atoms with Crippen LogP contribution in [0.3, 0.4) is 0 Å². The number of hydrogen-bond donors (Lipinski definition) is 2. The quantitative estimate of drug-likeness (QED) is 0.694. The minimum Gasteiger partial charge on any atom is -0.325 e. The number of fused-ring (bicyclic) bond motifs is 4. The van der Waals surface area contributed by atoms with Crippen molar-refractivity contribution in [2.24, 2.45) is 23.5 Å². The van der Waals surface area contributed by atoms with Gasteiger partial charge in [-0.1, -0.05) is 25.7 Å². The molecular weight excluding hydrogens is 220 g/mol. The molecule has 0 aromatic heterocycles. The molecule has 4 fully saturated rings. The van der Waals surface area contributed by atoms with Crippen LogP contribution in [-0.2, 0) is 0 Å². The van der Waals surface area contributed by atoms with E-state index in [0.29, 0.717) is 5.54 Å². The zero-order chi connectivity index (χ0) is 13.0. The lowest BCUT2D eigenvalue weighted by Gasteiger charge is -2.19. The van der Waals surface area contributed by atoms with Gasteiger partial charge in [0.05, 0.1) is 0 Å². The zero-order valence-electron chi connectivity index (χ0n) is 12.4. The van der Waals surface area contributed by atoms with Crippen molar-refractivity contribution in [2.45, 2.75) is 69.7 Å². The van der Waals surface area contributed by atoms with Gasteiger partial charge in [0, 0.05) is 5.54 Å². The topological polar surface area (TPSA) is 38.0 Å². The first-order valence-electron chi connectivity index (χ1n) is 8.02. The van der Waals surface area contributed by atoms with E-state index < -0.39 is 0 Å². The molecule has 4 aliphatic rings. The Hall–Kier alpha value is -0.0800. The minimum absolute atomic E-state index is 0.310. The molecule has 106 valence electrons. The largest absolute Gasteiger partial charge is 0.325 e. The van der Waals surface area contributed by atoms with E-state index in [9.17, 15) is 0 Å². The minimum atomic E-state index is 0.310. The first-order valence-corrected chi connectivity index (χ1v) is 8.02. The number of hydrogen-bond acceptors (Lipinski definition) is 2. The van der Waals surface area contributed by atoms with Gasteiger partial charge in [-0.15, -0.1) is 0 Å². The molecule has 4 rings (SSSR count). The van der Waals surface area contributed by atoms with Crippen LogP contribution < -0.4 is 11.1 Å². The molecule has 18 heavy (non-hydrogen) atoms. The molecule has 4 saturated carbocycles. The van der Waals surface area contributed by atoms with Gasteiger partial charge in [0.1, 0.15) is 0 Å². The highest BCUT2D eigenvalue weighted by atomic mass is 14.8. The summed E-state index contributed by atoms with van der Waals surface area (Å²) in [7, 11) is 3.75. The van der Waals surface area contributed by atoms with Crippen molar-refractivity contribution in [3.05, 3.63) is 0 Å². The van der Waals surface area contributed by atoms with Crippen LogP contribution in [-0.4, -0.2) is 19.6 Å². The molecule has 0 amide bonds. The van der Waals surface area contributed by atoms with Crippen LogP contribution in [0.15, 0.2) is 0 Å². The Morgan fingerprint density at radius 1 is 0.833 bits per heavy atom. The molecule has 2 heteroatoms. The summed E-state index contributed by atoms with van der Waals surface area (Å²) in [5.74, 6) is 3.36. The third-order valence-corrected chi connectivity index (χ3v) is 5.43. The van der Waals surface area contributed by atoms with Gasteiger partial charge in [-0.05, 0) is 70.4 Å². The Morgan fingerprint density at radius 3 is 1.39 bits per heavy atom. The fraction of sp³-hybridized carbons (Fsp3) is 1.00. The maximum absolute atomic E-state index is 6.00. The third-order valence-electron chi connectivity index (χ3n) is 5.43. The summed E-state index contributed by atoms with van der Waals surface area (Å²) >= 11 is 0. The summed E-state index contributed by atoms with van der Waals surface area (Å²) in [4.78, 5) is 0. The number of rotatable bonds is 0. The highest BCUT2D eigenvalue weighted by molar-refractivity contribution is 4.99. The smallest absolute Gasteiger partial charge is 0.0157 e. The molecule has 0 saturated heterocycles. The molecule has 0 spiro atoms. The predicted molar refractivity (Wildman–Crippen MR) is 78.5 cm³/mol. The van der Waals surface area contributed by atoms with E-state index in [1.807, 2.05) is 14.1 Å². The van der Waals surface area contributed by atoms with Crippen LogP contribution in [0.1, 0.15) is 64.2 Å². The molecule has 0 aromatic carbocycles. The molecule has 0 atom stereocenters. The van der Waals surface area contributed by atoms with Gasteiger partial charge in [-0.2, -0.15) is 0 Å². The maximum Gasteiger partial charge on any atom is 0.0157 e. The average Bonchev–Trinajstić information content (AvgIpc) is 3.10. The van der Waals surface area contributed by atoms with Crippen molar-refractivity contribution < 1.29 is 0 Å². The Balaban J connectivity index is 0.000000112. The predicted octanol–water partition coefficient (Wildman–Crippen LogP) is 3.31. The lowest BCUT2D eigenvalue weighted by Crippen LogP contribution is -2.33. The molecule has 4 aliphatic carbocycles. The zero-order valence-corrected chi connectivity index (χ0v) is 12.4. The van der Waals surface area contributed by atoms with Crippen LogP contribution in [0.4, 0.5) is 0 Å². The molecule has 2 nitrogen and oxygen atoms in total. The van der Waals surface area contributed by atoms with Gasteiger partial charge in [-0.3, -0.25) is 0 Å². The van der Waals surface area contributed by atoms with Gasteiger partial charge in [0.15, 0.2) is 0 Å². The van der Waals surface area contributed by atoms with E-state index >= 15 is 0 Å². The van der Waals surface area contributed by atoms with Crippen LogP contribution in [0.5, 0.6) is 0 Å². The van der Waals surface area contributed by atoms with Crippen molar-refractivity contribution in [2.75, 3.05) is 14.1 Å². The van der Waals surface area contributed by atoms with Gasteiger partial charge >= 0.3 is 0 Å². The third kappa shape index (κ3) is 3.71. The fourth-order valence-corrected chi connectivity index (χ4v) is 4.41. The molecule has 0 aromatic rings. The van der Waals surface area contributed by atoms with Gasteiger partial charge in [0.2, 0.25) is 0 Å². The van der Waals surface area contributed by atoms with Crippen molar-refractivity contribution >= 4 is 0 Å². The second-order valence-electron chi connectivity index (χ2n) is 7.13. The first kappa shape index (κ1) is 14.3. The Labute approximate surface area is 113 Å². The molecule has 0 radical (unpaired) electrons. The lowest BCUT2D eigenvalue weighted by molar-refractivity contribution is 0.418. The average molecular weight is 252 g/mol. The molecule has 0 aliphatic heterocycles. The van der Waals surface area contributed by atoms with Gasteiger partial charge < -0.3 is 11.1 Å². The highest BCUT2D eigenvalue weighted by Crippen LogP contribution is 2.45. The van der Waals surface area contributed by atoms with Crippen molar-refractivity contribution in [1.82, 2.24) is 5.32 Å². The monoisotopic (exact) mass is 252 g/mol. The molecular formula is C16H32N2. The Morgan fingerprint density at radius 2 is 1.28 bits per heavy atom. The second-order valence-corrected chi connectivity index (χ2v) is 7.13. The van der Waals surface area contributed by atoms with Gasteiger partial charge in [0.25, 0.3) is 0 Å². The summed E-state index contributed by atoms with van der Waals surface area (Å²) in [6, 6.07) is 0. The van der Waals surface area contributed by atoms with Crippen LogP contribution >= 0.6 is 0 Å². The van der Waals surface area contributed by atoms with Crippen LogP contribution in [0.2, 0.25) is 0 Å². The maximum atomic E-state index is 6.00. The van der Waals surface area contributed by atoms with E-state index in [-0.39, 0.29) is 0 Å². The summed E-state index contributed by atoms with van der Waals surface area (Å²) in [5, 5.41) is 2.75. The molecule has 0 heterocycles. The SMILES string of the molecule is C1CC2CCC1C2.CNC.NC12CCC(CC1)C2. The normalized spacial score (nSPS) is 43.2. The van der Waals surface area contributed by atoms with E-state index in [4.69, 9.17) is 5.73 Å². The molecule has 3 N–H and O–H groups in total. The number of nitrogens with one attached hydrogen (secondary N) is 1. The molecule has 4 bridgehead atoms. The Bertz CT molecular complexity index is 225. The van der Waals surface area contributed by atoms with Crippen molar-refractivity contribution in [3.63, 3.8) is 0 Å². The fourth-order valence-electron chi connectivity index (χ4n) is 4.41. The van der Waals surface area contributed by atoms with E-state index in [0.717, 1.165) is 5.92 Å². The number of nitrogens with two attached hydrogens (primary N) is 1.